The number of nitrogens with one attached hydrogen (secondary N) is 1. The van der Waals surface area contributed by atoms with Crippen molar-refractivity contribution < 1.29 is 9.90 Å². The van der Waals surface area contributed by atoms with Crippen LogP contribution in [0.2, 0.25) is 5.02 Å². The number of hydrogen-bond donors (Lipinski definition) is 2. The predicted octanol–water partition coefficient (Wildman–Crippen LogP) is 3.42. The van der Waals surface area contributed by atoms with Crippen molar-refractivity contribution in [1.29, 1.82) is 0 Å². The van der Waals surface area contributed by atoms with Crippen LogP contribution in [0.15, 0.2) is 18.2 Å². The zero-order valence-electron chi connectivity index (χ0n) is 10.0. The quantitative estimate of drug-likeness (QED) is 0.805. The zero-order chi connectivity index (χ0) is 12.7. The second-order valence-corrected chi connectivity index (χ2v) is 5.70. The van der Waals surface area contributed by atoms with Crippen LogP contribution in [-0.4, -0.2) is 11.0 Å². The largest absolute Gasteiger partial charge is 0.506 e. The summed E-state index contributed by atoms with van der Waals surface area (Å²) in [6, 6.07) is 4.75. The van der Waals surface area contributed by atoms with Crippen molar-refractivity contribution in [2.24, 2.45) is 17.8 Å². The highest BCUT2D eigenvalue weighted by Gasteiger charge is 2.54. The second kappa shape index (κ2) is 4.47. The Hall–Kier alpha value is -1.22. The molecule has 2 unspecified atom stereocenters. The lowest BCUT2D eigenvalue weighted by atomic mass is 10.0. The standard InChI is InChI=1S/C14H16ClNO2/c15-11-7-8(5-6-12(11)17)16-14(18)13-9-3-1-2-4-10(9)13/h5-7,9-10,13,17H,1-4H2,(H,16,18). The van der Waals surface area contributed by atoms with Gasteiger partial charge in [0.1, 0.15) is 5.75 Å². The first-order valence-corrected chi connectivity index (χ1v) is 6.84. The molecule has 2 aliphatic rings. The van der Waals surface area contributed by atoms with E-state index in [1.165, 1.54) is 31.7 Å². The molecule has 0 heterocycles. The number of anilines is 1. The Balaban J connectivity index is 1.66. The highest BCUT2D eigenvalue weighted by molar-refractivity contribution is 6.32. The van der Waals surface area contributed by atoms with Gasteiger partial charge < -0.3 is 10.4 Å². The molecule has 2 N–H and O–H groups in total. The van der Waals surface area contributed by atoms with Crippen LogP contribution in [0, 0.1) is 17.8 Å². The van der Waals surface area contributed by atoms with Crippen LogP contribution in [0.4, 0.5) is 5.69 Å². The monoisotopic (exact) mass is 265 g/mol. The molecular weight excluding hydrogens is 250 g/mol. The third kappa shape index (κ3) is 2.07. The number of carbonyl (C=O) groups excluding carboxylic acids is 1. The lowest BCUT2D eigenvalue weighted by Crippen LogP contribution is -2.15. The van der Waals surface area contributed by atoms with E-state index in [9.17, 15) is 9.90 Å². The lowest BCUT2D eigenvalue weighted by Gasteiger charge is -2.06. The normalized spacial score (nSPS) is 29.5. The van der Waals surface area contributed by atoms with Crippen LogP contribution < -0.4 is 5.32 Å². The zero-order valence-corrected chi connectivity index (χ0v) is 10.8. The first-order valence-electron chi connectivity index (χ1n) is 6.46. The van der Waals surface area contributed by atoms with E-state index < -0.39 is 0 Å². The number of fused-ring (bicyclic) bond motifs is 1. The van der Waals surface area contributed by atoms with Crippen LogP contribution >= 0.6 is 11.6 Å². The number of benzene rings is 1. The maximum atomic E-state index is 12.1. The average Bonchev–Trinajstić information content (AvgIpc) is 3.08. The first-order chi connectivity index (χ1) is 8.66. The molecule has 4 heteroatoms. The molecule has 1 amide bonds. The van der Waals surface area contributed by atoms with Crippen molar-refractivity contribution in [3.63, 3.8) is 0 Å². The molecule has 18 heavy (non-hydrogen) atoms. The molecular formula is C14H16ClNO2. The molecule has 0 radical (unpaired) electrons. The number of phenols is 1. The van der Waals surface area contributed by atoms with Gasteiger partial charge in [-0.1, -0.05) is 24.4 Å². The molecule has 3 rings (SSSR count). The fraction of sp³-hybridized carbons (Fsp3) is 0.500. The van der Waals surface area contributed by atoms with Crippen molar-refractivity contribution in [2.45, 2.75) is 25.7 Å². The summed E-state index contributed by atoms with van der Waals surface area (Å²) in [7, 11) is 0. The molecule has 2 saturated carbocycles. The molecule has 96 valence electrons. The minimum absolute atomic E-state index is 0.0368. The maximum Gasteiger partial charge on any atom is 0.228 e. The minimum Gasteiger partial charge on any atom is -0.506 e. The van der Waals surface area contributed by atoms with Crippen molar-refractivity contribution in [2.75, 3.05) is 5.32 Å². The Labute approximate surface area is 111 Å². The van der Waals surface area contributed by atoms with Gasteiger partial charge in [-0.2, -0.15) is 0 Å². The Morgan fingerprint density at radius 2 is 1.94 bits per heavy atom. The van der Waals surface area contributed by atoms with E-state index in [1.807, 2.05) is 0 Å². The van der Waals surface area contributed by atoms with Crippen molar-refractivity contribution in [3.8, 4) is 5.75 Å². The number of phenolic OH excluding ortho intramolecular Hbond substituents is 1. The molecule has 0 aliphatic heterocycles. The van der Waals surface area contributed by atoms with Gasteiger partial charge in [0.25, 0.3) is 0 Å². The number of carbonyl (C=O) groups is 1. The van der Waals surface area contributed by atoms with Crippen molar-refractivity contribution >= 4 is 23.2 Å². The van der Waals surface area contributed by atoms with Gasteiger partial charge in [0.05, 0.1) is 5.02 Å². The van der Waals surface area contributed by atoms with E-state index >= 15 is 0 Å². The number of hydrogen-bond acceptors (Lipinski definition) is 2. The van der Waals surface area contributed by atoms with Crippen LogP contribution in [0.5, 0.6) is 5.75 Å². The van der Waals surface area contributed by atoms with E-state index in [2.05, 4.69) is 5.32 Å². The van der Waals surface area contributed by atoms with E-state index in [1.54, 1.807) is 12.1 Å². The van der Waals surface area contributed by atoms with Crippen LogP contribution in [0.25, 0.3) is 0 Å². The fourth-order valence-corrected chi connectivity index (χ4v) is 3.37. The van der Waals surface area contributed by atoms with Gasteiger partial charge >= 0.3 is 0 Å². The summed E-state index contributed by atoms with van der Waals surface area (Å²) >= 11 is 5.81. The van der Waals surface area contributed by atoms with E-state index in [4.69, 9.17) is 11.6 Å². The summed E-state index contributed by atoms with van der Waals surface area (Å²) in [4.78, 5) is 12.1. The fourth-order valence-electron chi connectivity index (χ4n) is 3.19. The van der Waals surface area contributed by atoms with Gasteiger partial charge in [-0.15, -0.1) is 0 Å². The summed E-state index contributed by atoms with van der Waals surface area (Å²) in [5, 5.41) is 12.5. The Morgan fingerprint density at radius 3 is 2.56 bits per heavy atom. The summed E-state index contributed by atoms with van der Waals surface area (Å²) in [5.74, 6) is 1.54. The van der Waals surface area contributed by atoms with Gasteiger partial charge in [0.2, 0.25) is 5.91 Å². The SMILES string of the molecule is O=C(Nc1ccc(O)c(Cl)c1)C1C2CCCCC21. The smallest absolute Gasteiger partial charge is 0.228 e. The summed E-state index contributed by atoms with van der Waals surface area (Å²) in [6.07, 6.45) is 4.91. The number of halogens is 1. The third-order valence-electron chi connectivity index (χ3n) is 4.17. The molecule has 1 aromatic rings. The molecule has 0 bridgehead atoms. The van der Waals surface area contributed by atoms with Crippen LogP contribution in [-0.2, 0) is 4.79 Å². The summed E-state index contributed by atoms with van der Waals surface area (Å²) < 4.78 is 0. The highest BCUT2D eigenvalue weighted by Crippen LogP contribution is 2.55. The number of rotatable bonds is 2. The van der Waals surface area contributed by atoms with Gasteiger partial charge in [-0.05, 0) is 42.9 Å². The number of amides is 1. The maximum absolute atomic E-state index is 12.1. The van der Waals surface area contributed by atoms with Crippen molar-refractivity contribution in [3.05, 3.63) is 23.2 Å². The molecule has 0 spiro atoms. The van der Waals surface area contributed by atoms with E-state index in [0.29, 0.717) is 17.5 Å². The molecule has 2 fully saturated rings. The predicted molar refractivity (Wildman–Crippen MR) is 70.7 cm³/mol. The summed E-state index contributed by atoms with van der Waals surface area (Å²) in [6.45, 7) is 0. The Morgan fingerprint density at radius 1 is 1.28 bits per heavy atom. The molecule has 1 aromatic carbocycles. The molecule has 3 nitrogen and oxygen atoms in total. The number of aromatic hydroxyl groups is 1. The van der Waals surface area contributed by atoms with E-state index in [0.717, 1.165) is 0 Å². The minimum atomic E-state index is 0.0368. The van der Waals surface area contributed by atoms with Crippen LogP contribution in [0.1, 0.15) is 25.7 Å². The Kier molecular flexibility index (Phi) is 2.94. The molecule has 0 aromatic heterocycles. The van der Waals surface area contributed by atoms with Gasteiger partial charge in [0, 0.05) is 11.6 Å². The second-order valence-electron chi connectivity index (χ2n) is 5.29. The molecule has 2 aliphatic carbocycles. The Bertz CT molecular complexity index is 477. The highest BCUT2D eigenvalue weighted by atomic mass is 35.5. The molecule has 2 atom stereocenters. The van der Waals surface area contributed by atoms with Crippen molar-refractivity contribution in [1.82, 2.24) is 0 Å². The van der Waals surface area contributed by atoms with Gasteiger partial charge in [-0.3, -0.25) is 4.79 Å². The summed E-state index contributed by atoms with van der Waals surface area (Å²) in [5.41, 5.74) is 0.659. The third-order valence-corrected chi connectivity index (χ3v) is 4.48. The first kappa shape index (κ1) is 11.8. The van der Waals surface area contributed by atoms with E-state index in [-0.39, 0.29) is 22.6 Å². The molecule has 0 saturated heterocycles. The lowest BCUT2D eigenvalue weighted by molar-refractivity contribution is -0.117. The van der Waals surface area contributed by atoms with Crippen LogP contribution in [0.3, 0.4) is 0 Å². The topological polar surface area (TPSA) is 49.3 Å². The van der Waals surface area contributed by atoms with Gasteiger partial charge in [0.15, 0.2) is 0 Å². The average molecular weight is 266 g/mol. The van der Waals surface area contributed by atoms with Gasteiger partial charge in [-0.25, -0.2) is 0 Å².